The average molecular weight is 393 g/mol. The van der Waals surface area contributed by atoms with Crippen molar-refractivity contribution in [3.05, 3.63) is 54.6 Å². The van der Waals surface area contributed by atoms with Crippen molar-refractivity contribution in [3.63, 3.8) is 0 Å². The minimum absolute atomic E-state index is 0.178. The van der Waals surface area contributed by atoms with E-state index >= 15 is 0 Å². The average Bonchev–Trinajstić information content (AvgIpc) is 3.05. The van der Waals surface area contributed by atoms with Crippen molar-refractivity contribution in [1.82, 2.24) is 9.80 Å². The van der Waals surface area contributed by atoms with Gasteiger partial charge in [-0.2, -0.15) is 0 Å². The first-order valence-corrected chi connectivity index (χ1v) is 10.8. The number of hydrogen-bond donors (Lipinski definition) is 0. The lowest BCUT2D eigenvalue weighted by Crippen LogP contribution is -2.49. The maximum Gasteiger partial charge on any atom is 0.229 e. The van der Waals surface area contributed by atoms with Crippen LogP contribution in [0.15, 0.2) is 64.5 Å². The Labute approximate surface area is 170 Å². The van der Waals surface area contributed by atoms with Crippen LogP contribution in [0.1, 0.15) is 6.42 Å². The third kappa shape index (κ3) is 3.42. The van der Waals surface area contributed by atoms with Gasteiger partial charge in [-0.3, -0.25) is 14.6 Å². The number of anilines is 1. The van der Waals surface area contributed by atoms with Gasteiger partial charge < -0.3 is 4.90 Å². The van der Waals surface area contributed by atoms with E-state index in [0.29, 0.717) is 6.42 Å². The summed E-state index contributed by atoms with van der Waals surface area (Å²) in [6, 6.07) is 18.8. The monoisotopic (exact) mass is 392 g/mol. The molecule has 144 valence electrons. The van der Waals surface area contributed by atoms with Crippen molar-refractivity contribution in [2.24, 2.45) is 4.99 Å². The molecule has 2 aromatic rings. The first-order chi connectivity index (χ1) is 13.8. The Morgan fingerprint density at radius 2 is 1.68 bits per heavy atom. The van der Waals surface area contributed by atoms with E-state index in [1.54, 1.807) is 11.8 Å². The summed E-state index contributed by atoms with van der Waals surface area (Å²) in [7, 11) is 0. The molecule has 2 fully saturated rings. The van der Waals surface area contributed by atoms with Crippen molar-refractivity contribution >= 4 is 34.9 Å². The van der Waals surface area contributed by atoms with E-state index in [1.807, 2.05) is 23.1 Å². The van der Waals surface area contributed by atoms with Crippen LogP contribution in [0.5, 0.6) is 0 Å². The van der Waals surface area contributed by atoms with Gasteiger partial charge in [-0.1, -0.05) is 30.3 Å². The maximum absolute atomic E-state index is 12.6. The molecule has 5 nitrogen and oxygen atoms in total. The van der Waals surface area contributed by atoms with Crippen molar-refractivity contribution in [3.8, 4) is 0 Å². The van der Waals surface area contributed by atoms with Crippen LogP contribution in [0.4, 0.5) is 11.4 Å². The molecule has 0 N–H and O–H groups in total. The number of carbonyl (C=O) groups excluding carboxylic acids is 1. The summed E-state index contributed by atoms with van der Waals surface area (Å²) in [5.41, 5.74) is 2.29. The second-order valence-corrected chi connectivity index (χ2v) is 8.70. The topological polar surface area (TPSA) is 39.2 Å². The lowest BCUT2D eigenvalue weighted by molar-refractivity contribution is -0.125. The summed E-state index contributed by atoms with van der Waals surface area (Å²) < 4.78 is 0. The first kappa shape index (κ1) is 17.8. The number of fused-ring (bicyclic) bond motifs is 2. The molecular formula is C22H24N4OS. The number of thioether (sulfide) groups is 1. The molecular weight excluding hydrogens is 368 g/mol. The Bertz CT molecular complexity index is 892. The molecule has 0 spiro atoms. The van der Waals surface area contributed by atoms with Crippen LogP contribution in [-0.4, -0.2) is 66.1 Å². The lowest BCUT2D eigenvalue weighted by atomic mass is 10.2. The highest BCUT2D eigenvalue weighted by Gasteiger charge is 2.39. The smallest absolute Gasteiger partial charge is 0.229 e. The fourth-order valence-electron chi connectivity index (χ4n) is 4.16. The van der Waals surface area contributed by atoms with Gasteiger partial charge in [-0.15, -0.1) is 11.8 Å². The van der Waals surface area contributed by atoms with Crippen molar-refractivity contribution in [1.29, 1.82) is 0 Å². The highest BCUT2D eigenvalue weighted by Crippen LogP contribution is 2.42. The zero-order valence-electron chi connectivity index (χ0n) is 15.8. The van der Waals surface area contributed by atoms with E-state index in [-0.39, 0.29) is 11.2 Å². The van der Waals surface area contributed by atoms with Gasteiger partial charge in [0.25, 0.3) is 0 Å². The van der Waals surface area contributed by atoms with Gasteiger partial charge in [0.1, 0.15) is 5.84 Å². The van der Waals surface area contributed by atoms with Gasteiger partial charge in [0, 0.05) is 56.3 Å². The van der Waals surface area contributed by atoms with Gasteiger partial charge in [-0.05, 0) is 24.3 Å². The number of hydrogen-bond acceptors (Lipinski definition) is 5. The van der Waals surface area contributed by atoms with Crippen LogP contribution in [0, 0.1) is 0 Å². The molecule has 3 aliphatic rings. The van der Waals surface area contributed by atoms with Crippen LogP contribution in [0.2, 0.25) is 0 Å². The van der Waals surface area contributed by atoms with Gasteiger partial charge in [0.2, 0.25) is 5.91 Å². The number of rotatable bonds is 4. The second kappa shape index (κ2) is 7.60. The van der Waals surface area contributed by atoms with Crippen molar-refractivity contribution < 1.29 is 4.79 Å². The van der Waals surface area contributed by atoms with Gasteiger partial charge >= 0.3 is 0 Å². The quantitative estimate of drug-likeness (QED) is 0.801. The lowest BCUT2D eigenvalue weighted by Gasteiger charge is -2.36. The Hall–Kier alpha value is -2.31. The zero-order chi connectivity index (χ0) is 18.9. The molecule has 1 amide bonds. The molecule has 2 aromatic carbocycles. The van der Waals surface area contributed by atoms with E-state index in [4.69, 9.17) is 4.99 Å². The van der Waals surface area contributed by atoms with Crippen molar-refractivity contribution in [2.45, 2.75) is 16.6 Å². The van der Waals surface area contributed by atoms with Gasteiger partial charge in [-0.25, -0.2) is 4.99 Å². The standard InChI is InChI=1S/C22H24N4OS/c27-21-16-20-22(23-18-8-4-5-9-19(18)28-20)26(21)15-12-24-10-13-25(14-11-24)17-6-2-1-3-7-17/h1-9,20H,10-16H2. The molecule has 0 bridgehead atoms. The first-order valence-electron chi connectivity index (χ1n) is 9.95. The molecule has 1 unspecified atom stereocenters. The molecule has 28 heavy (non-hydrogen) atoms. The predicted octanol–water partition coefficient (Wildman–Crippen LogP) is 3.25. The van der Waals surface area contributed by atoms with E-state index in [0.717, 1.165) is 50.8 Å². The highest BCUT2D eigenvalue weighted by molar-refractivity contribution is 8.01. The number of nitrogens with zero attached hydrogens (tertiary/aromatic N) is 4. The summed E-state index contributed by atoms with van der Waals surface area (Å²) in [5.74, 6) is 1.17. The largest absolute Gasteiger partial charge is 0.369 e. The number of aliphatic imine (C=N–C) groups is 1. The molecule has 0 saturated carbocycles. The molecule has 0 radical (unpaired) electrons. The Kier molecular flexibility index (Phi) is 4.82. The number of amidine groups is 1. The Balaban J connectivity index is 1.20. The molecule has 2 saturated heterocycles. The number of benzene rings is 2. The summed E-state index contributed by atoms with van der Waals surface area (Å²) in [6.07, 6.45) is 0.569. The minimum Gasteiger partial charge on any atom is -0.369 e. The van der Waals surface area contributed by atoms with E-state index in [1.165, 1.54) is 10.6 Å². The fraction of sp³-hybridized carbons (Fsp3) is 0.364. The minimum atomic E-state index is 0.178. The van der Waals surface area contributed by atoms with E-state index in [2.05, 4.69) is 46.2 Å². The third-order valence-corrected chi connectivity index (χ3v) is 6.99. The van der Waals surface area contributed by atoms with Crippen LogP contribution in [-0.2, 0) is 4.79 Å². The van der Waals surface area contributed by atoms with Crippen LogP contribution in [0.25, 0.3) is 0 Å². The summed E-state index contributed by atoms with van der Waals surface area (Å²) in [5, 5.41) is 0.178. The highest BCUT2D eigenvalue weighted by atomic mass is 32.2. The summed E-state index contributed by atoms with van der Waals surface area (Å²) >= 11 is 1.78. The van der Waals surface area contributed by atoms with Gasteiger partial charge in [0.05, 0.1) is 10.9 Å². The number of likely N-dealkylation sites (tertiary alicyclic amines) is 1. The molecule has 0 aromatic heterocycles. The fourth-order valence-corrected chi connectivity index (χ4v) is 5.37. The van der Waals surface area contributed by atoms with Crippen LogP contribution < -0.4 is 4.90 Å². The molecule has 6 heteroatoms. The van der Waals surface area contributed by atoms with Crippen molar-refractivity contribution in [2.75, 3.05) is 44.2 Å². The SMILES string of the molecule is O=C1CC2Sc3ccccc3N=C2N1CCN1CCN(c2ccccc2)CC1. The molecule has 1 atom stereocenters. The molecule has 5 rings (SSSR count). The summed E-state index contributed by atoms with van der Waals surface area (Å²) in [4.78, 5) is 25.4. The Morgan fingerprint density at radius 1 is 0.929 bits per heavy atom. The summed E-state index contributed by atoms with van der Waals surface area (Å²) in [6.45, 7) is 5.78. The zero-order valence-corrected chi connectivity index (χ0v) is 16.6. The van der Waals surface area contributed by atoms with Crippen LogP contribution >= 0.6 is 11.8 Å². The normalized spacial score (nSPS) is 22.1. The molecule has 3 aliphatic heterocycles. The molecule has 0 aliphatic carbocycles. The van der Waals surface area contributed by atoms with Gasteiger partial charge in [0.15, 0.2) is 0 Å². The number of para-hydroxylation sites is 2. The number of amides is 1. The Morgan fingerprint density at radius 3 is 2.50 bits per heavy atom. The maximum atomic E-state index is 12.6. The predicted molar refractivity (Wildman–Crippen MR) is 115 cm³/mol. The van der Waals surface area contributed by atoms with E-state index < -0.39 is 0 Å². The number of carbonyl (C=O) groups is 1. The second-order valence-electron chi connectivity index (χ2n) is 7.46. The third-order valence-electron chi connectivity index (χ3n) is 5.73. The van der Waals surface area contributed by atoms with E-state index in [9.17, 15) is 4.79 Å². The van der Waals surface area contributed by atoms with Crippen LogP contribution in [0.3, 0.4) is 0 Å². The molecule has 3 heterocycles. The number of piperazine rings is 1.